The van der Waals surface area contributed by atoms with Crippen LogP contribution in [0, 0.1) is 0 Å². The Balaban J connectivity index is 2.41. The van der Waals surface area contributed by atoms with Crippen molar-refractivity contribution in [2.75, 3.05) is 0 Å². The highest BCUT2D eigenvalue weighted by Gasteiger charge is 2.35. The highest BCUT2D eigenvalue weighted by Crippen LogP contribution is 2.40. The lowest BCUT2D eigenvalue weighted by Crippen LogP contribution is -2.10. The molecule has 2 rings (SSSR count). The number of pyridine rings is 1. The van der Waals surface area contributed by atoms with Crippen molar-refractivity contribution in [1.29, 1.82) is 0 Å². The Bertz CT molecular complexity index is 367. The predicted octanol–water partition coefficient (Wildman–Crippen LogP) is 3.54. The van der Waals surface area contributed by atoms with E-state index in [0.29, 0.717) is 12.1 Å². The molecule has 15 heavy (non-hydrogen) atoms. The summed E-state index contributed by atoms with van der Waals surface area (Å²) in [6.45, 7) is 1.85. The average molecular weight is 215 g/mol. The summed E-state index contributed by atoms with van der Waals surface area (Å²) < 4.78 is 37.5. The molecular weight excluding hydrogens is 203 g/mol. The molecule has 0 radical (unpaired) electrons. The van der Waals surface area contributed by atoms with E-state index >= 15 is 0 Å². The number of hydrogen-bond acceptors (Lipinski definition) is 1. The van der Waals surface area contributed by atoms with Gasteiger partial charge in [0.05, 0.1) is 0 Å². The van der Waals surface area contributed by atoms with E-state index in [2.05, 4.69) is 4.98 Å². The Labute approximate surface area is 86.3 Å². The lowest BCUT2D eigenvalue weighted by atomic mass is 10.1. The second-order valence-corrected chi connectivity index (χ2v) is 3.91. The maximum absolute atomic E-state index is 12.5. The summed E-state index contributed by atoms with van der Waals surface area (Å²) in [4.78, 5) is 3.69. The van der Waals surface area contributed by atoms with Gasteiger partial charge in [0.1, 0.15) is 5.69 Å². The number of aryl methyl sites for hydroxylation is 1. The maximum atomic E-state index is 12.5. The Morgan fingerprint density at radius 1 is 1.33 bits per heavy atom. The minimum Gasteiger partial charge on any atom is -0.248 e. The fraction of sp³-hybridized carbons (Fsp3) is 0.545. The molecule has 0 aromatic carbocycles. The minimum atomic E-state index is -4.32. The van der Waals surface area contributed by atoms with Gasteiger partial charge < -0.3 is 0 Å². The van der Waals surface area contributed by atoms with E-state index < -0.39 is 11.9 Å². The van der Waals surface area contributed by atoms with Crippen LogP contribution in [0.25, 0.3) is 0 Å². The molecule has 0 atom stereocenters. The van der Waals surface area contributed by atoms with Crippen molar-refractivity contribution in [3.63, 3.8) is 0 Å². The van der Waals surface area contributed by atoms with Gasteiger partial charge in [0.2, 0.25) is 0 Å². The van der Waals surface area contributed by atoms with E-state index in [1.807, 2.05) is 6.92 Å². The Kier molecular flexibility index (Phi) is 2.44. The van der Waals surface area contributed by atoms with Gasteiger partial charge in [-0.25, -0.2) is 4.98 Å². The zero-order valence-corrected chi connectivity index (χ0v) is 8.43. The Hall–Kier alpha value is -1.06. The van der Waals surface area contributed by atoms with Gasteiger partial charge >= 0.3 is 6.18 Å². The van der Waals surface area contributed by atoms with Crippen LogP contribution in [0.15, 0.2) is 12.1 Å². The first-order valence-corrected chi connectivity index (χ1v) is 5.08. The summed E-state index contributed by atoms with van der Waals surface area (Å²) >= 11 is 0. The van der Waals surface area contributed by atoms with Crippen LogP contribution >= 0.6 is 0 Å². The van der Waals surface area contributed by atoms with Crippen LogP contribution in [-0.2, 0) is 12.6 Å². The van der Waals surface area contributed by atoms with Crippen molar-refractivity contribution in [2.45, 2.75) is 38.3 Å². The van der Waals surface area contributed by atoms with Crippen molar-refractivity contribution < 1.29 is 13.2 Å². The second-order valence-electron chi connectivity index (χ2n) is 3.91. The van der Waals surface area contributed by atoms with E-state index in [0.717, 1.165) is 24.5 Å². The molecule has 1 saturated carbocycles. The van der Waals surface area contributed by atoms with Crippen LogP contribution in [-0.4, -0.2) is 4.98 Å². The molecule has 0 N–H and O–H groups in total. The van der Waals surface area contributed by atoms with Gasteiger partial charge in [-0.3, -0.25) is 0 Å². The molecule has 82 valence electrons. The maximum Gasteiger partial charge on any atom is 0.433 e. The molecule has 0 saturated heterocycles. The molecule has 0 aliphatic heterocycles. The fourth-order valence-corrected chi connectivity index (χ4v) is 1.55. The number of alkyl halides is 3. The summed E-state index contributed by atoms with van der Waals surface area (Å²) in [7, 11) is 0. The first-order valence-electron chi connectivity index (χ1n) is 5.08. The third kappa shape index (κ3) is 2.30. The standard InChI is InChI=1S/C11H12F3N/c1-2-7-5-9(8-3-4-8)15-10(6-7)11(12,13)14/h5-6,8H,2-4H2,1H3. The van der Waals surface area contributed by atoms with Gasteiger partial charge in [0, 0.05) is 11.6 Å². The number of halogens is 3. The first kappa shape index (κ1) is 10.5. The van der Waals surface area contributed by atoms with Crippen LogP contribution in [0.2, 0.25) is 0 Å². The number of nitrogens with zero attached hydrogens (tertiary/aromatic N) is 1. The zero-order chi connectivity index (χ0) is 11.1. The lowest BCUT2D eigenvalue weighted by Gasteiger charge is -2.09. The molecule has 4 heteroatoms. The molecule has 1 aromatic rings. The van der Waals surface area contributed by atoms with Crippen molar-refractivity contribution >= 4 is 0 Å². The SMILES string of the molecule is CCc1cc(C2CC2)nc(C(F)(F)F)c1. The number of hydrogen-bond donors (Lipinski definition) is 0. The zero-order valence-electron chi connectivity index (χ0n) is 8.43. The predicted molar refractivity (Wildman–Crippen MR) is 50.6 cm³/mol. The van der Waals surface area contributed by atoms with Crippen molar-refractivity contribution in [2.24, 2.45) is 0 Å². The van der Waals surface area contributed by atoms with E-state index in [1.165, 1.54) is 0 Å². The summed E-state index contributed by atoms with van der Waals surface area (Å²) in [6, 6.07) is 2.94. The van der Waals surface area contributed by atoms with Crippen LogP contribution in [0.4, 0.5) is 13.2 Å². The molecule has 0 amide bonds. The van der Waals surface area contributed by atoms with Gasteiger partial charge in [-0.1, -0.05) is 6.92 Å². The molecule has 1 aliphatic rings. The van der Waals surface area contributed by atoms with E-state index in [1.54, 1.807) is 6.07 Å². The minimum absolute atomic E-state index is 0.262. The number of aromatic nitrogens is 1. The Morgan fingerprint density at radius 2 is 2.00 bits per heavy atom. The normalized spacial score (nSPS) is 16.8. The van der Waals surface area contributed by atoms with Gasteiger partial charge in [-0.15, -0.1) is 0 Å². The average Bonchev–Trinajstić information content (AvgIpc) is 2.99. The fourth-order valence-electron chi connectivity index (χ4n) is 1.55. The van der Waals surface area contributed by atoms with Crippen LogP contribution in [0.5, 0.6) is 0 Å². The molecule has 1 aromatic heterocycles. The highest BCUT2D eigenvalue weighted by atomic mass is 19.4. The molecule has 0 bridgehead atoms. The summed E-state index contributed by atoms with van der Waals surface area (Å²) in [6.07, 6.45) is -1.77. The molecular formula is C11H12F3N. The molecule has 1 nitrogen and oxygen atoms in total. The molecule has 0 spiro atoms. The third-order valence-electron chi connectivity index (χ3n) is 2.60. The van der Waals surface area contributed by atoms with Gasteiger partial charge in [0.25, 0.3) is 0 Å². The monoisotopic (exact) mass is 215 g/mol. The van der Waals surface area contributed by atoms with Crippen LogP contribution in [0.1, 0.15) is 42.6 Å². The number of rotatable bonds is 2. The van der Waals surface area contributed by atoms with Gasteiger partial charge in [-0.05, 0) is 37.0 Å². The Morgan fingerprint density at radius 3 is 2.47 bits per heavy atom. The van der Waals surface area contributed by atoms with E-state index in [-0.39, 0.29) is 5.92 Å². The second kappa shape index (κ2) is 3.51. The quantitative estimate of drug-likeness (QED) is 0.735. The van der Waals surface area contributed by atoms with Crippen molar-refractivity contribution in [3.8, 4) is 0 Å². The summed E-state index contributed by atoms with van der Waals surface area (Å²) in [5.74, 6) is 0.262. The van der Waals surface area contributed by atoms with Crippen molar-refractivity contribution in [1.82, 2.24) is 4.98 Å². The van der Waals surface area contributed by atoms with Gasteiger partial charge in [0.15, 0.2) is 0 Å². The summed E-state index contributed by atoms with van der Waals surface area (Å²) in [5, 5.41) is 0. The van der Waals surface area contributed by atoms with Crippen LogP contribution < -0.4 is 0 Å². The van der Waals surface area contributed by atoms with Crippen molar-refractivity contribution in [3.05, 3.63) is 29.1 Å². The lowest BCUT2D eigenvalue weighted by molar-refractivity contribution is -0.141. The molecule has 0 unspecified atom stereocenters. The topological polar surface area (TPSA) is 12.9 Å². The van der Waals surface area contributed by atoms with E-state index in [9.17, 15) is 13.2 Å². The van der Waals surface area contributed by atoms with Crippen LogP contribution in [0.3, 0.4) is 0 Å². The molecule has 1 aliphatic carbocycles. The highest BCUT2D eigenvalue weighted by molar-refractivity contribution is 5.27. The molecule has 1 fully saturated rings. The summed E-state index contributed by atoms with van der Waals surface area (Å²) in [5.41, 5.74) is 0.588. The molecule has 1 heterocycles. The van der Waals surface area contributed by atoms with Gasteiger partial charge in [-0.2, -0.15) is 13.2 Å². The first-order chi connectivity index (χ1) is 7.00. The smallest absolute Gasteiger partial charge is 0.248 e. The van der Waals surface area contributed by atoms with E-state index in [4.69, 9.17) is 0 Å². The third-order valence-corrected chi connectivity index (χ3v) is 2.60. The largest absolute Gasteiger partial charge is 0.433 e.